The van der Waals surface area contributed by atoms with E-state index in [4.69, 9.17) is 28.6 Å². The molecule has 3 N–H and O–H groups in total. The van der Waals surface area contributed by atoms with Gasteiger partial charge in [-0.2, -0.15) is 0 Å². The zero-order chi connectivity index (χ0) is 22.5. The first-order valence-electron chi connectivity index (χ1n) is 9.64. The molecule has 2 aromatic carbocycles. The number of hydrogen-bond acceptors (Lipinski definition) is 4. The van der Waals surface area contributed by atoms with Gasteiger partial charge in [0.25, 0.3) is 0 Å². The molecule has 2 aromatic rings. The molecule has 0 saturated heterocycles. The fourth-order valence-electron chi connectivity index (χ4n) is 3.41. The maximum Gasteiger partial charge on any atom is 0.337 e. The van der Waals surface area contributed by atoms with Crippen molar-refractivity contribution in [2.75, 3.05) is 24.3 Å². The van der Waals surface area contributed by atoms with Crippen LogP contribution >= 0.6 is 23.8 Å². The maximum absolute atomic E-state index is 12.5. The summed E-state index contributed by atoms with van der Waals surface area (Å²) in [6, 6.07) is 13.1. The van der Waals surface area contributed by atoms with Crippen LogP contribution in [-0.2, 0) is 9.53 Å². The smallest absolute Gasteiger partial charge is 0.337 e. The van der Waals surface area contributed by atoms with Gasteiger partial charge in [0.15, 0.2) is 5.11 Å². The first-order valence-corrected chi connectivity index (χ1v) is 10.4. The van der Waals surface area contributed by atoms with Crippen LogP contribution in [0.5, 0.6) is 0 Å². The molecule has 0 spiro atoms. The number of esters is 1. The van der Waals surface area contributed by atoms with Crippen LogP contribution in [0.15, 0.2) is 59.8 Å². The lowest BCUT2D eigenvalue weighted by molar-refractivity contribution is -0.136. The van der Waals surface area contributed by atoms with Crippen molar-refractivity contribution in [1.29, 1.82) is 0 Å². The molecule has 3 rings (SSSR count). The molecular weight excluding hydrogens is 436 g/mol. The molecule has 162 valence electrons. The van der Waals surface area contributed by atoms with Gasteiger partial charge in [-0.25, -0.2) is 9.59 Å². The van der Waals surface area contributed by atoms with Gasteiger partial charge >= 0.3 is 12.0 Å². The molecule has 0 aliphatic carbocycles. The summed E-state index contributed by atoms with van der Waals surface area (Å²) in [6.07, 6.45) is 0. The highest BCUT2D eigenvalue weighted by Crippen LogP contribution is 2.32. The van der Waals surface area contributed by atoms with Crippen molar-refractivity contribution in [2.45, 2.75) is 19.9 Å². The van der Waals surface area contributed by atoms with E-state index < -0.39 is 18.0 Å². The van der Waals surface area contributed by atoms with E-state index in [0.29, 0.717) is 33.6 Å². The normalized spacial score (nSPS) is 15.9. The zero-order valence-electron chi connectivity index (χ0n) is 17.4. The average Bonchev–Trinajstić information content (AvgIpc) is 2.75. The third-order valence-electron chi connectivity index (χ3n) is 4.90. The number of halogens is 1. The molecule has 31 heavy (non-hydrogen) atoms. The molecule has 0 bridgehead atoms. The molecule has 9 heteroatoms. The van der Waals surface area contributed by atoms with Crippen molar-refractivity contribution < 1.29 is 14.3 Å². The van der Waals surface area contributed by atoms with E-state index in [1.165, 1.54) is 7.11 Å². The summed E-state index contributed by atoms with van der Waals surface area (Å²) < 4.78 is 5.01. The number of urea groups is 1. The SMILES string of the molecule is CCN1C(=S)NC(c2cccc(NC(=O)Nc3ccc(Cl)cc3)c2)C(C(=O)OC)=C1C. The lowest BCUT2D eigenvalue weighted by atomic mass is 9.94. The summed E-state index contributed by atoms with van der Waals surface area (Å²) in [5.41, 5.74) is 3.16. The highest BCUT2D eigenvalue weighted by atomic mass is 35.5. The van der Waals surface area contributed by atoms with E-state index in [2.05, 4.69) is 16.0 Å². The second-order valence-electron chi connectivity index (χ2n) is 6.83. The average molecular weight is 459 g/mol. The van der Waals surface area contributed by atoms with E-state index in [0.717, 1.165) is 11.3 Å². The number of anilines is 2. The second kappa shape index (κ2) is 9.80. The first kappa shape index (κ1) is 22.6. The van der Waals surface area contributed by atoms with Crippen LogP contribution in [0.25, 0.3) is 0 Å². The number of benzene rings is 2. The van der Waals surface area contributed by atoms with Gasteiger partial charge < -0.3 is 25.6 Å². The second-order valence-corrected chi connectivity index (χ2v) is 7.65. The number of hydrogen-bond donors (Lipinski definition) is 3. The number of amides is 2. The number of thiocarbonyl (C=S) groups is 1. The van der Waals surface area contributed by atoms with Crippen LogP contribution in [-0.4, -0.2) is 35.7 Å². The molecule has 1 heterocycles. The van der Waals surface area contributed by atoms with Crippen molar-refractivity contribution in [3.05, 3.63) is 70.4 Å². The van der Waals surface area contributed by atoms with Gasteiger partial charge in [0, 0.05) is 28.6 Å². The molecule has 1 atom stereocenters. The van der Waals surface area contributed by atoms with Crippen molar-refractivity contribution in [2.24, 2.45) is 0 Å². The molecule has 2 amide bonds. The first-order chi connectivity index (χ1) is 14.8. The predicted octanol–water partition coefficient (Wildman–Crippen LogP) is 4.68. The highest BCUT2D eigenvalue weighted by molar-refractivity contribution is 7.80. The van der Waals surface area contributed by atoms with Crippen molar-refractivity contribution in [3.63, 3.8) is 0 Å². The van der Waals surface area contributed by atoms with E-state index >= 15 is 0 Å². The number of rotatable bonds is 5. The van der Waals surface area contributed by atoms with Crippen LogP contribution in [0, 0.1) is 0 Å². The minimum atomic E-state index is -0.496. The third-order valence-corrected chi connectivity index (χ3v) is 5.49. The monoisotopic (exact) mass is 458 g/mol. The van der Waals surface area contributed by atoms with Gasteiger partial charge in [-0.05, 0) is 68.0 Å². The number of carbonyl (C=O) groups excluding carboxylic acids is 2. The number of carbonyl (C=O) groups is 2. The standard InChI is InChI=1S/C22H23ClN4O3S/c1-4-27-13(2)18(20(28)30-3)19(26-22(27)31)14-6-5-7-17(12-14)25-21(29)24-16-10-8-15(23)9-11-16/h5-12,19H,4H2,1-3H3,(H,26,31)(H2,24,25,29). The largest absolute Gasteiger partial charge is 0.466 e. The minimum Gasteiger partial charge on any atom is -0.466 e. The molecular formula is C22H23ClN4O3S. The summed E-state index contributed by atoms with van der Waals surface area (Å²) in [6.45, 7) is 4.42. The number of allylic oxidation sites excluding steroid dienone is 1. The fraction of sp³-hybridized carbons (Fsp3) is 0.227. The van der Waals surface area contributed by atoms with Gasteiger partial charge in [0.05, 0.1) is 18.7 Å². The quantitative estimate of drug-likeness (QED) is 0.445. The van der Waals surface area contributed by atoms with Crippen LogP contribution in [0.3, 0.4) is 0 Å². The van der Waals surface area contributed by atoms with Crippen LogP contribution < -0.4 is 16.0 Å². The molecule has 0 aromatic heterocycles. The van der Waals surface area contributed by atoms with Gasteiger partial charge in [-0.15, -0.1) is 0 Å². The molecule has 1 aliphatic heterocycles. The molecule has 1 unspecified atom stereocenters. The Bertz CT molecular complexity index is 1040. The lowest BCUT2D eigenvalue weighted by Gasteiger charge is -2.37. The van der Waals surface area contributed by atoms with Crippen LogP contribution in [0.1, 0.15) is 25.5 Å². The molecule has 0 fully saturated rings. The zero-order valence-corrected chi connectivity index (χ0v) is 18.9. The number of nitrogens with zero attached hydrogens (tertiary/aromatic N) is 1. The fourth-order valence-corrected chi connectivity index (χ4v) is 3.92. The van der Waals surface area contributed by atoms with E-state index in [1.54, 1.807) is 42.5 Å². The van der Waals surface area contributed by atoms with E-state index in [9.17, 15) is 9.59 Å². The summed E-state index contributed by atoms with van der Waals surface area (Å²) >= 11 is 11.3. The number of ether oxygens (including phenoxy) is 1. The van der Waals surface area contributed by atoms with Gasteiger partial charge in [0.1, 0.15) is 0 Å². The third kappa shape index (κ3) is 5.15. The van der Waals surface area contributed by atoms with E-state index in [-0.39, 0.29) is 0 Å². The molecule has 7 nitrogen and oxygen atoms in total. The summed E-state index contributed by atoms with van der Waals surface area (Å²) in [4.78, 5) is 26.8. The van der Waals surface area contributed by atoms with Crippen molar-refractivity contribution in [3.8, 4) is 0 Å². The Morgan fingerprint density at radius 3 is 2.48 bits per heavy atom. The number of nitrogens with one attached hydrogen (secondary N) is 3. The van der Waals surface area contributed by atoms with Crippen molar-refractivity contribution in [1.82, 2.24) is 10.2 Å². The molecule has 1 aliphatic rings. The lowest BCUT2D eigenvalue weighted by Crippen LogP contribution is -2.47. The molecule has 0 radical (unpaired) electrons. The minimum absolute atomic E-state index is 0.399. The van der Waals surface area contributed by atoms with Gasteiger partial charge in [-0.3, -0.25) is 0 Å². The van der Waals surface area contributed by atoms with E-state index in [1.807, 2.05) is 24.8 Å². The maximum atomic E-state index is 12.5. The molecule has 0 saturated carbocycles. The Kier molecular flexibility index (Phi) is 7.14. The topological polar surface area (TPSA) is 82.7 Å². The Morgan fingerprint density at radius 1 is 1.16 bits per heavy atom. The van der Waals surface area contributed by atoms with Crippen LogP contribution in [0.4, 0.5) is 16.2 Å². The van der Waals surface area contributed by atoms with Gasteiger partial charge in [0.2, 0.25) is 0 Å². The van der Waals surface area contributed by atoms with Crippen LogP contribution in [0.2, 0.25) is 5.02 Å². The summed E-state index contributed by atoms with van der Waals surface area (Å²) in [5, 5.41) is 9.87. The Morgan fingerprint density at radius 2 is 1.84 bits per heavy atom. The Hall–Kier alpha value is -3.10. The Labute approximate surface area is 191 Å². The van der Waals surface area contributed by atoms with Crippen molar-refractivity contribution >= 4 is 52.3 Å². The predicted molar refractivity (Wildman–Crippen MR) is 126 cm³/mol. The number of methoxy groups -OCH3 is 1. The summed E-state index contributed by atoms with van der Waals surface area (Å²) in [5.74, 6) is -0.435. The van der Waals surface area contributed by atoms with Gasteiger partial charge in [-0.1, -0.05) is 23.7 Å². The Balaban J connectivity index is 1.84. The summed E-state index contributed by atoms with van der Waals surface area (Å²) in [7, 11) is 1.35. The highest BCUT2D eigenvalue weighted by Gasteiger charge is 2.34.